The van der Waals surface area contributed by atoms with Gasteiger partial charge in [0.25, 0.3) is 0 Å². The molecule has 1 heterocycles. The fourth-order valence-electron chi connectivity index (χ4n) is 1.01. The lowest BCUT2D eigenvalue weighted by Gasteiger charge is -2.14. The molecule has 0 radical (unpaired) electrons. The van der Waals surface area contributed by atoms with Crippen molar-refractivity contribution in [1.82, 2.24) is 4.98 Å². The number of guanidine groups is 2. The molecule has 0 aliphatic rings. The van der Waals surface area contributed by atoms with Crippen LogP contribution in [-0.2, 0) is 0 Å². The molecule has 1 aromatic heterocycles. The first-order valence-corrected chi connectivity index (χ1v) is 4.07. The maximum absolute atomic E-state index is 7.54. The Morgan fingerprint density at radius 2 is 2.21 bits per heavy atom. The van der Waals surface area contributed by atoms with Crippen molar-refractivity contribution >= 4 is 17.6 Å². The zero-order chi connectivity index (χ0) is 10.7. The van der Waals surface area contributed by atoms with Gasteiger partial charge in [0, 0.05) is 18.9 Å². The maximum Gasteiger partial charge on any atom is 0.225 e. The summed E-state index contributed by atoms with van der Waals surface area (Å²) in [6, 6.07) is 1.90. The second kappa shape index (κ2) is 3.82. The van der Waals surface area contributed by atoms with E-state index in [2.05, 4.69) is 9.98 Å². The number of nitrogens with two attached hydrogens (primary N) is 2. The lowest BCUT2D eigenvalue weighted by Crippen LogP contribution is -2.30. The van der Waals surface area contributed by atoms with E-state index in [1.807, 2.05) is 13.0 Å². The minimum absolute atomic E-state index is 0.00370. The predicted molar refractivity (Wildman–Crippen MR) is 57.5 cm³/mol. The molecule has 0 amide bonds. The lowest BCUT2D eigenvalue weighted by atomic mass is 10.4. The van der Waals surface area contributed by atoms with Gasteiger partial charge >= 0.3 is 0 Å². The van der Waals surface area contributed by atoms with E-state index in [-0.39, 0.29) is 11.9 Å². The van der Waals surface area contributed by atoms with Crippen LogP contribution < -0.4 is 16.4 Å². The van der Waals surface area contributed by atoms with E-state index in [1.54, 1.807) is 18.1 Å². The molecule has 0 saturated carbocycles. The van der Waals surface area contributed by atoms with Gasteiger partial charge in [-0.1, -0.05) is 0 Å². The molecule has 0 atom stereocenters. The average Bonchev–Trinajstić information content (AvgIpc) is 2.49. The molecule has 0 spiro atoms. The molecule has 0 fully saturated rings. The quantitative estimate of drug-likeness (QED) is 0.372. The summed E-state index contributed by atoms with van der Waals surface area (Å²) in [5.41, 5.74) is 12.2. The molecule has 0 unspecified atom stereocenters. The Labute approximate surface area is 82.1 Å². The van der Waals surface area contributed by atoms with Crippen LogP contribution in [0.15, 0.2) is 17.3 Å². The first-order valence-electron chi connectivity index (χ1n) is 4.07. The van der Waals surface area contributed by atoms with Crippen LogP contribution in [0.3, 0.4) is 0 Å². The van der Waals surface area contributed by atoms with Crippen molar-refractivity contribution in [1.29, 1.82) is 5.41 Å². The molecule has 0 aliphatic carbocycles. The summed E-state index contributed by atoms with van der Waals surface area (Å²) in [5, 5.41) is 7.54. The molecule has 6 nitrogen and oxygen atoms in total. The normalized spacial score (nSPS) is 9.57. The van der Waals surface area contributed by atoms with Crippen molar-refractivity contribution in [2.24, 2.45) is 16.5 Å². The van der Waals surface area contributed by atoms with Crippen LogP contribution in [-0.4, -0.2) is 24.0 Å². The van der Waals surface area contributed by atoms with Gasteiger partial charge in [0.2, 0.25) is 5.96 Å². The van der Waals surface area contributed by atoms with Crippen molar-refractivity contribution in [3.8, 4) is 0 Å². The van der Waals surface area contributed by atoms with Gasteiger partial charge in [0.05, 0.1) is 5.69 Å². The van der Waals surface area contributed by atoms with Crippen LogP contribution in [0.1, 0.15) is 5.69 Å². The Kier molecular flexibility index (Phi) is 2.76. The number of hydrogen-bond acceptors (Lipinski definition) is 1. The van der Waals surface area contributed by atoms with E-state index in [9.17, 15) is 0 Å². The Morgan fingerprint density at radius 3 is 2.64 bits per heavy atom. The topological polar surface area (TPSA) is 107 Å². The number of nitrogens with zero attached hydrogens (tertiary/aromatic N) is 2. The van der Waals surface area contributed by atoms with Gasteiger partial charge in [-0.25, -0.2) is 0 Å². The fraction of sp³-hybridized carbons (Fsp3) is 0.250. The number of aromatic amines is 1. The molecule has 14 heavy (non-hydrogen) atoms. The van der Waals surface area contributed by atoms with Crippen molar-refractivity contribution in [3.63, 3.8) is 0 Å². The van der Waals surface area contributed by atoms with E-state index < -0.39 is 0 Å². The Balaban J connectivity index is 2.80. The number of aryl methyl sites for hydroxylation is 1. The second-order valence-corrected chi connectivity index (χ2v) is 2.96. The van der Waals surface area contributed by atoms with Crippen LogP contribution in [0.4, 0.5) is 5.69 Å². The van der Waals surface area contributed by atoms with Gasteiger partial charge < -0.3 is 21.4 Å². The number of nitrogens with one attached hydrogen (secondary N) is 2. The number of anilines is 1. The first-order chi connectivity index (χ1) is 6.50. The molecule has 0 bridgehead atoms. The van der Waals surface area contributed by atoms with E-state index >= 15 is 0 Å². The Hall–Kier alpha value is -1.98. The van der Waals surface area contributed by atoms with Gasteiger partial charge in [0.15, 0.2) is 5.96 Å². The highest BCUT2D eigenvalue weighted by molar-refractivity contribution is 6.00. The minimum Gasteiger partial charge on any atom is -0.370 e. The standard InChI is InChI=1S/C8H14N6/c1-5-3-6(4-12-5)14(2)8(11)13-7(9)10/h3-4,12H,1-2H3,(H5,9,10,11,13). The van der Waals surface area contributed by atoms with Crippen LogP contribution in [0.25, 0.3) is 0 Å². The molecule has 0 aliphatic heterocycles. The number of aliphatic imine (C=N–C) groups is 1. The zero-order valence-corrected chi connectivity index (χ0v) is 8.20. The van der Waals surface area contributed by atoms with Crippen molar-refractivity contribution in [2.45, 2.75) is 6.92 Å². The van der Waals surface area contributed by atoms with E-state index in [0.29, 0.717) is 0 Å². The van der Waals surface area contributed by atoms with Crippen molar-refractivity contribution in [2.75, 3.05) is 11.9 Å². The van der Waals surface area contributed by atoms with Gasteiger partial charge in [-0.05, 0) is 13.0 Å². The summed E-state index contributed by atoms with van der Waals surface area (Å²) in [6.45, 7) is 1.93. The van der Waals surface area contributed by atoms with Gasteiger partial charge in [0.1, 0.15) is 0 Å². The number of rotatable bonds is 1. The molecule has 76 valence electrons. The SMILES string of the molecule is Cc1cc(N(C)C(=N)N=C(N)N)c[nH]1. The van der Waals surface area contributed by atoms with Crippen molar-refractivity contribution in [3.05, 3.63) is 18.0 Å². The molecule has 6 N–H and O–H groups in total. The zero-order valence-electron chi connectivity index (χ0n) is 8.20. The van der Waals surface area contributed by atoms with E-state index in [0.717, 1.165) is 11.4 Å². The predicted octanol–water partition coefficient (Wildman–Crippen LogP) is -0.0325. The highest BCUT2D eigenvalue weighted by Crippen LogP contribution is 2.13. The van der Waals surface area contributed by atoms with Crippen LogP contribution >= 0.6 is 0 Å². The molecule has 1 aromatic rings. The van der Waals surface area contributed by atoms with Gasteiger partial charge in [-0.2, -0.15) is 4.99 Å². The fourth-order valence-corrected chi connectivity index (χ4v) is 1.01. The first kappa shape index (κ1) is 10.1. The van der Waals surface area contributed by atoms with Gasteiger partial charge in [-0.15, -0.1) is 0 Å². The number of hydrogen-bond donors (Lipinski definition) is 4. The van der Waals surface area contributed by atoms with Crippen LogP contribution in [0, 0.1) is 12.3 Å². The lowest BCUT2D eigenvalue weighted by molar-refractivity contribution is 1.19. The summed E-state index contributed by atoms with van der Waals surface area (Å²) in [4.78, 5) is 8.21. The smallest absolute Gasteiger partial charge is 0.225 e. The van der Waals surface area contributed by atoms with E-state index in [4.69, 9.17) is 16.9 Å². The Morgan fingerprint density at radius 1 is 1.57 bits per heavy atom. The summed E-state index contributed by atoms with van der Waals surface area (Å²) in [6.07, 6.45) is 1.78. The molecule has 0 aromatic carbocycles. The molecule has 0 saturated heterocycles. The molecular formula is C8H14N6. The molecule has 6 heteroatoms. The van der Waals surface area contributed by atoms with Gasteiger partial charge in [-0.3, -0.25) is 5.41 Å². The van der Waals surface area contributed by atoms with Crippen molar-refractivity contribution < 1.29 is 0 Å². The van der Waals surface area contributed by atoms with Crippen LogP contribution in [0.2, 0.25) is 0 Å². The van der Waals surface area contributed by atoms with E-state index in [1.165, 1.54) is 0 Å². The third kappa shape index (κ3) is 2.25. The summed E-state index contributed by atoms with van der Waals surface area (Å²) >= 11 is 0. The molecular weight excluding hydrogens is 180 g/mol. The van der Waals surface area contributed by atoms with Crippen LogP contribution in [0.5, 0.6) is 0 Å². The largest absolute Gasteiger partial charge is 0.370 e. The minimum atomic E-state index is -0.117. The average molecular weight is 194 g/mol. The third-order valence-electron chi connectivity index (χ3n) is 1.75. The number of H-pyrrole nitrogens is 1. The summed E-state index contributed by atoms with van der Waals surface area (Å²) < 4.78 is 0. The summed E-state index contributed by atoms with van der Waals surface area (Å²) in [7, 11) is 1.72. The number of aromatic nitrogens is 1. The Bertz CT molecular complexity index is 360. The monoisotopic (exact) mass is 194 g/mol. The second-order valence-electron chi connectivity index (χ2n) is 2.96. The summed E-state index contributed by atoms with van der Waals surface area (Å²) in [5.74, 6) is -0.113. The highest BCUT2D eigenvalue weighted by Gasteiger charge is 2.07. The third-order valence-corrected chi connectivity index (χ3v) is 1.75. The maximum atomic E-state index is 7.54. The molecule has 1 rings (SSSR count). The highest BCUT2D eigenvalue weighted by atomic mass is 15.3.